The minimum Gasteiger partial charge on any atom is -0.473 e. The number of likely N-dealkylation sites (tertiary alicyclic amines) is 2. The average Bonchev–Trinajstić information content (AvgIpc) is 3.71. The van der Waals surface area contributed by atoms with Crippen molar-refractivity contribution in [3.05, 3.63) is 128 Å². The van der Waals surface area contributed by atoms with Crippen LogP contribution < -0.4 is 0 Å². The lowest BCUT2D eigenvalue weighted by atomic mass is 9.99. The summed E-state index contributed by atoms with van der Waals surface area (Å²) in [4.78, 5) is 32.8. The van der Waals surface area contributed by atoms with Gasteiger partial charge in [-0.25, -0.2) is 19.6 Å². The molecule has 300 valence electrons. The number of aromatic nitrogens is 4. The molecule has 13 heteroatoms. The fourth-order valence-electron chi connectivity index (χ4n) is 8.17. The normalized spacial score (nSPS) is 19.4. The number of aryl methyl sites for hydroxylation is 5. The zero-order chi connectivity index (χ0) is 40.1. The van der Waals surface area contributed by atoms with Crippen LogP contribution in [0.15, 0.2) is 85.2 Å². The molecule has 9 rings (SSSR count). The molecule has 2 saturated heterocycles. The highest BCUT2D eigenvalue weighted by Crippen LogP contribution is 2.37. The number of fused-ring (bicyclic) bond motifs is 4. The molecular weight excluding hydrogens is 835 g/mol. The number of halogens is 1. The molecule has 6 heterocycles. The number of carboxylic acids is 2. The molecule has 4 aliphatic heterocycles. The Labute approximate surface area is 347 Å². The molecule has 0 amide bonds. The summed E-state index contributed by atoms with van der Waals surface area (Å²) in [5.74, 6) is -0.887. The highest BCUT2D eigenvalue weighted by molar-refractivity contribution is 14.1. The van der Waals surface area contributed by atoms with Crippen molar-refractivity contribution >= 4 is 34.5 Å². The minimum absolute atomic E-state index is 0.0341. The lowest BCUT2D eigenvalue weighted by Crippen LogP contribution is -2.46. The van der Waals surface area contributed by atoms with Crippen molar-refractivity contribution in [2.24, 2.45) is 5.92 Å². The molecule has 57 heavy (non-hydrogen) atoms. The number of hydrogen-bond acceptors (Lipinski definition) is 8. The molecule has 2 unspecified atom stereocenters. The van der Waals surface area contributed by atoms with Crippen LogP contribution in [0.3, 0.4) is 0 Å². The number of benzene rings is 3. The highest BCUT2D eigenvalue weighted by Gasteiger charge is 2.32. The lowest BCUT2D eigenvalue weighted by molar-refractivity contribution is -0.159. The maximum Gasteiger partial charge on any atom is 0.414 e. The highest BCUT2D eigenvalue weighted by atomic mass is 127. The van der Waals surface area contributed by atoms with Crippen LogP contribution in [0.1, 0.15) is 64.5 Å². The van der Waals surface area contributed by atoms with Gasteiger partial charge in [0.2, 0.25) is 0 Å². The first-order chi connectivity index (χ1) is 27.5. The molecular formula is C44H51IN6O6. The third kappa shape index (κ3) is 9.83. The topological polar surface area (TPSA) is 135 Å². The smallest absolute Gasteiger partial charge is 0.414 e. The summed E-state index contributed by atoms with van der Waals surface area (Å²) in [5, 5.41) is 14.8. The van der Waals surface area contributed by atoms with E-state index < -0.39 is 11.9 Å². The number of hydrogen-bond donors (Lipinski definition) is 2. The van der Waals surface area contributed by atoms with E-state index in [0.29, 0.717) is 5.92 Å². The van der Waals surface area contributed by atoms with E-state index in [1.165, 1.54) is 33.4 Å². The molecule has 12 nitrogen and oxygen atoms in total. The molecule has 0 saturated carbocycles. The SMILES string of the molecule is CN1CC(COC2c3ccccc3CCn3cc(I)nc32)C1.Cc1ccccc1-c1cn2c(n1)C(OC1CCN(C)CC1)c1ccccc1CC2.O=C(O)C(=O)O. The van der Waals surface area contributed by atoms with Gasteiger partial charge in [-0.05, 0) is 97.1 Å². The van der Waals surface area contributed by atoms with Crippen molar-refractivity contribution < 1.29 is 29.3 Å². The van der Waals surface area contributed by atoms with Crippen LogP contribution in [-0.4, -0.2) is 104 Å². The molecule has 3 aromatic carbocycles. The number of nitrogens with zero attached hydrogens (tertiary/aromatic N) is 6. The largest absolute Gasteiger partial charge is 0.473 e. The van der Waals surface area contributed by atoms with Crippen LogP contribution in [0.25, 0.3) is 11.3 Å². The predicted molar refractivity (Wildman–Crippen MR) is 225 cm³/mol. The van der Waals surface area contributed by atoms with Gasteiger partial charge >= 0.3 is 11.9 Å². The molecule has 2 aromatic heterocycles. The second kappa shape index (κ2) is 18.5. The predicted octanol–water partition coefficient (Wildman–Crippen LogP) is 6.48. The minimum atomic E-state index is -1.82. The maximum atomic E-state index is 9.10. The first-order valence-corrected chi connectivity index (χ1v) is 20.7. The summed E-state index contributed by atoms with van der Waals surface area (Å²) < 4.78 is 18.8. The molecule has 0 aliphatic carbocycles. The molecule has 2 fully saturated rings. The molecule has 4 aliphatic rings. The third-order valence-corrected chi connectivity index (χ3v) is 11.7. The van der Waals surface area contributed by atoms with Crippen LogP contribution in [0.4, 0.5) is 0 Å². The van der Waals surface area contributed by atoms with E-state index >= 15 is 0 Å². The zero-order valence-corrected chi connectivity index (χ0v) is 34.9. The van der Waals surface area contributed by atoms with Crippen LogP contribution in [0, 0.1) is 16.5 Å². The van der Waals surface area contributed by atoms with Crippen molar-refractivity contribution in [3.8, 4) is 11.3 Å². The Morgan fingerprint density at radius 1 is 0.737 bits per heavy atom. The number of rotatable bonds is 6. The van der Waals surface area contributed by atoms with Gasteiger partial charge in [0.05, 0.1) is 18.4 Å². The van der Waals surface area contributed by atoms with E-state index in [4.69, 9.17) is 39.2 Å². The van der Waals surface area contributed by atoms with Gasteiger partial charge in [-0.15, -0.1) is 0 Å². The Hall–Kier alpha value is -4.41. The first kappa shape index (κ1) is 40.8. The summed E-state index contributed by atoms with van der Waals surface area (Å²) in [6, 6.07) is 25.9. The summed E-state index contributed by atoms with van der Waals surface area (Å²) in [5.41, 5.74) is 8.86. The van der Waals surface area contributed by atoms with E-state index in [9.17, 15) is 0 Å². The van der Waals surface area contributed by atoms with Gasteiger partial charge in [-0.2, -0.15) is 0 Å². The van der Waals surface area contributed by atoms with Crippen LogP contribution >= 0.6 is 22.6 Å². The molecule has 0 bridgehead atoms. The lowest BCUT2D eigenvalue weighted by Gasteiger charge is -2.36. The summed E-state index contributed by atoms with van der Waals surface area (Å²) in [6.07, 6.45) is 8.73. The van der Waals surface area contributed by atoms with Gasteiger partial charge in [0, 0.05) is 63.1 Å². The molecule has 0 radical (unpaired) electrons. The van der Waals surface area contributed by atoms with E-state index in [1.54, 1.807) is 0 Å². The summed E-state index contributed by atoms with van der Waals surface area (Å²) in [7, 11) is 4.35. The zero-order valence-electron chi connectivity index (χ0n) is 32.8. The Bertz CT molecular complexity index is 2160. The van der Waals surface area contributed by atoms with Gasteiger partial charge in [-0.3, -0.25) is 0 Å². The maximum absolute atomic E-state index is 9.10. The van der Waals surface area contributed by atoms with E-state index in [-0.39, 0.29) is 18.3 Å². The Morgan fingerprint density at radius 2 is 1.30 bits per heavy atom. The number of ether oxygens (including phenoxy) is 2. The second-order valence-electron chi connectivity index (χ2n) is 15.4. The fraction of sp³-hybridized carbons (Fsp3) is 0.409. The second-order valence-corrected chi connectivity index (χ2v) is 16.5. The third-order valence-electron chi connectivity index (χ3n) is 11.2. The van der Waals surface area contributed by atoms with Crippen molar-refractivity contribution in [1.29, 1.82) is 0 Å². The Balaban J connectivity index is 0.000000157. The molecule has 2 N–H and O–H groups in total. The van der Waals surface area contributed by atoms with Crippen LogP contribution in [0.2, 0.25) is 0 Å². The molecule has 2 atom stereocenters. The van der Waals surface area contributed by atoms with Gasteiger partial charge < -0.3 is 38.6 Å². The van der Waals surface area contributed by atoms with Crippen LogP contribution in [-0.2, 0) is 45.0 Å². The van der Waals surface area contributed by atoms with E-state index in [0.717, 1.165) is 92.6 Å². The van der Waals surface area contributed by atoms with Gasteiger partial charge in [0.15, 0.2) is 0 Å². The summed E-state index contributed by atoms with van der Waals surface area (Å²) >= 11 is 2.29. The Morgan fingerprint density at radius 3 is 1.91 bits per heavy atom. The summed E-state index contributed by atoms with van der Waals surface area (Å²) in [6.45, 7) is 9.37. The van der Waals surface area contributed by atoms with Gasteiger partial charge in [0.25, 0.3) is 0 Å². The monoisotopic (exact) mass is 886 g/mol. The Kier molecular flexibility index (Phi) is 13.2. The number of carboxylic acid groups (broad SMARTS) is 2. The average molecular weight is 887 g/mol. The molecule has 0 spiro atoms. The number of piperidine rings is 1. The van der Waals surface area contributed by atoms with Crippen molar-refractivity contribution in [2.75, 3.05) is 46.9 Å². The first-order valence-electron chi connectivity index (χ1n) is 19.7. The number of imidazole rings is 2. The quantitative estimate of drug-likeness (QED) is 0.144. The van der Waals surface area contributed by atoms with E-state index in [2.05, 4.69) is 148 Å². The fourth-order valence-corrected chi connectivity index (χ4v) is 8.75. The van der Waals surface area contributed by atoms with Crippen molar-refractivity contribution in [1.82, 2.24) is 28.9 Å². The standard InChI is InChI=1S/C25H29N3O.C17H20IN3O.C2H2O4/c1-18-7-3-5-9-21(18)23-17-28-16-11-19-8-4-6-10-22(19)24(25(28)26-23)29-20-12-14-27(2)15-13-20;1-20-8-12(9-20)11-22-16-14-5-3-2-4-13(14)6-7-21-10-15(18)19-17(16)21;3-1(4)2(5)6/h3-10,17,20,24H,11-16H2,1-2H3;2-5,10,12,16H,6-9,11H2,1H3;(H,3,4)(H,5,6). The van der Waals surface area contributed by atoms with Crippen molar-refractivity contribution in [3.63, 3.8) is 0 Å². The van der Waals surface area contributed by atoms with Gasteiger partial charge in [-0.1, -0.05) is 72.8 Å². The van der Waals surface area contributed by atoms with Crippen molar-refractivity contribution in [2.45, 2.75) is 64.0 Å². The van der Waals surface area contributed by atoms with Crippen LogP contribution in [0.5, 0.6) is 0 Å². The van der Waals surface area contributed by atoms with E-state index in [1.807, 2.05) is 0 Å². The number of carbonyl (C=O) groups is 2. The molecule has 5 aromatic rings. The van der Waals surface area contributed by atoms with Gasteiger partial charge in [0.1, 0.15) is 27.6 Å². The number of aliphatic carboxylic acids is 2.